The number of carbonyl (C=O) groups excluding carboxylic acids is 2. The molecule has 8 rings (SSSR count). The molecule has 7 nitrogen and oxygen atoms in total. The van der Waals surface area contributed by atoms with E-state index in [9.17, 15) is 9.59 Å². The Morgan fingerprint density at radius 2 is 1.64 bits per heavy atom. The highest BCUT2D eigenvalue weighted by Gasteiger charge is 2.42. The summed E-state index contributed by atoms with van der Waals surface area (Å²) in [7, 11) is 0. The lowest BCUT2D eigenvalue weighted by Gasteiger charge is -2.32. The highest BCUT2D eigenvalue weighted by Crippen LogP contribution is 2.45. The van der Waals surface area contributed by atoms with Crippen LogP contribution in [0.5, 0.6) is 5.75 Å². The van der Waals surface area contributed by atoms with Crippen LogP contribution in [0.25, 0.3) is 27.5 Å². The first kappa shape index (κ1) is 35.8. The smallest absolute Gasteiger partial charge is 0.226 e. The third-order valence-corrected chi connectivity index (χ3v) is 13.5. The first-order chi connectivity index (χ1) is 25.4. The molecule has 0 saturated carbocycles. The lowest BCUT2D eigenvalue weighted by Crippen LogP contribution is -2.47. The molecule has 0 bridgehead atoms. The van der Waals surface area contributed by atoms with Gasteiger partial charge in [-0.3, -0.25) is 19.6 Å². The predicted octanol–water partition coefficient (Wildman–Crippen LogP) is 9.80. The fourth-order valence-corrected chi connectivity index (χ4v) is 9.28. The van der Waals surface area contributed by atoms with Crippen LogP contribution >= 0.6 is 0 Å². The second-order valence-electron chi connectivity index (χ2n) is 17.3. The third kappa shape index (κ3) is 6.22. The van der Waals surface area contributed by atoms with Crippen molar-refractivity contribution >= 4 is 45.3 Å². The normalized spacial score (nSPS) is 24.5. The van der Waals surface area contributed by atoms with E-state index in [1.54, 1.807) is 0 Å². The molecule has 0 spiro atoms. The number of ether oxygens (including phenoxy) is 1. The number of rotatable bonds is 8. The Hall–Kier alpha value is -4.26. The van der Waals surface area contributed by atoms with Gasteiger partial charge in [-0.1, -0.05) is 73.1 Å². The molecule has 0 unspecified atom stereocenters. The number of amides is 2. The quantitative estimate of drug-likeness (QED) is 0.233. The monoisotopic (exact) mass is 712 g/mol. The van der Waals surface area contributed by atoms with Crippen molar-refractivity contribution in [3.63, 3.8) is 0 Å². The van der Waals surface area contributed by atoms with Crippen molar-refractivity contribution in [1.29, 1.82) is 0 Å². The predicted molar refractivity (Wildman–Crippen MR) is 216 cm³/mol. The average Bonchev–Trinajstić information content (AvgIpc) is 3.97. The molecule has 53 heavy (non-hydrogen) atoms. The van der Waals surface area contributed by atoms with E-state index in [0.29, 0.717) is 24.4 Å². The number of likely N-dealkylation sites (tertiary alicyclic amines) is 2. The number of nitrogens with zero attached hydrogens (tertiary/aromatic N) is 4. The molecule has 0 aliphatic carbocycles. The van der Waals surface area contributed by atoms with E-state index in [2.05, 4.69) is 108 Å². The molecular formula is C46H56N4O3. The van der Waals surface area contributed by atoms with Crippen molar-refractivity contribution in [1.82, 2.24) is 9.80 Å². The molecule has 7 heteroatoms. The topological polar surface area (TPSA) is 74.6 Å². The van der Waals surface area contributed by atoms with Crippen LogP contribution in [0.1, 0.15) is 104 Å². The number of hydrogen-bond acceptors (Lipinski definition) is 5. The molecule has 3 aromatic carbocycles. The first-order valence-corrected chi connectivity index (χ1v) is 20.2. The molecule has 0 radical (unpaired) electrons. The van der Waals surface area contributed by atoms with Crippen LogP contribution < -0.4 is 4.74 Å². The standard InChI is InChI=1S/C46H56N4O3/c1-9-30-16-43(49(23-30)45(51)28(7)25(2)3)40-19-33(22-47-40)31-11-13-35-34(17-31)24-53-44-21-36-32(18-38(35)44)12-14-39-37(36)20-41(48-39)42-15-10-27(6)50(42)46(52)29(8)26(4)5/h11-14,17-18,21-22,25-30,42-43H,9-10,15-16,19-20,23-24H2,1-8H3/t27-,28-,29-,30-,42-,43-/m0/s1. The zero-order valence-electron chi connectivity index (χ0n) is 32.9. The maximum absolute atomic E-state index is 13.6. The number of allylic oxidation sites excluding steroid dienone is 1. The molecule has 3 aromatic rings. The average molecular weight is 713 g/mol. The van der Waals surface area contributed by atoms with Gasteiger partial charge in [0.25, 0.3) is 0 Å². The maximum atomic E-state index is 13.6. The molecule has 2 amide bonds. The lowest BCUT2D eigenvalue weighted by atomic mass is 9.89. The molecule has 6 atom stereocenters. The van der Waals surface area contributed by atoms with E-state index in [1.807, 2.05) is 6.20 Å². The Balaban J connectivity index is 1.00. The minimum absolute atomic E-state index is 0.00138. The number of fused-ring (bicyclic) bond motifs is 6. The molecule has 5 aliphatic rings. The van der Waals surface area contributed by atoms with Crippen molar-refractivity contribution in [3.05, 3.63) is 65.4 Å². The summed E-state index contributed by atoms with van der Waals surface area (Å²) in [5.74, 6) is 2.60. The zero-order valence-corrected chi connectivity index (χ0v) is 32.9. The van der Waals surface area contributed by atoms with Crippen LogP contribution in [0.15, 0.2) is 58.6 Å². The van der Waals surface area contributed by atoms with Gasteiger partial charge in [0.05, 0.1) is 17.8 Å². The summed E-state index contributed by atoms with van der Waals surface area (Å²) in [6.45, 7) is 18.5. The van der Waals surface area contributed by atoms with Gasteiger partial charge in [-0.15, -0.1) is 0 Å². The van der Waals surface area contributed by atoms with Gasteiger partial charge in [-0.25, -0.2) is 0 Å². The molecule has 5 aliphatic heterocycles. The van der Waals surface area contributed by atoms with Gasteiger partial charge in [0.1, 0.15) is 12.4 Å². The summed E-state index contributed by atoms with van der Waals surface area (Å²) in [5.41, 5.74) is 10.4. The van der Waals surface area contributed by atoms with E-state index in [-0.39, 0.29) is 41.8 Å². The highest BCUT2D eigenvalue weighted by molar-refractivity contribution is 6.07. The van der Waals surface area contributed by atoms with Crippen LogP contribution in [-0.2, 0) is 22.6 Å². The summed E-state index contributed by atoms with van der Waals surface area (Å²) < 4.78 is 6.50. The van der Waals surface area contributed by atoms with E-state index < -0.39 is 0 Å². The van der Waals surface area contributed by atoms with E-state index in [0.717, 1.165) is 73.5 Å². The van der Waals surface area contributed by atoms with Gasteiger partial charge in [0, 0.05) is 60.5 Å². The summed E-state index contributed by atoms with van der Waals surface area (Å²) in [4.78, 5) is 41.5. The van der Waals surface area contributed by atoms with E-state index >= 15 is 0 Å². The van der Waals surface area contributed by atoms with Crippen LogP contribution in [0.3, 0.4) is 0 Å². The first-order valence-electron chi connectivity index (χ1n) is 20.2. The number of hydrogen-bond donors (Lipinski definition) is 0. The maximum Gasteiger partial charge on any atom is 0.226 e. The Kier molecular flexibility index (Phi) is 9.35. The summed E-state index contributed by atoms with van der Waals surface area (Å²) >= 11 is 0. The van der Waals surface area contributed by atoms with Crippen LogP contribution in [0, 0.1) is 29.6 Å². The van der Waals surface area contributed by atoms with Crippen molar-refractivity contribution in [2.24, 2.45) is 39.6 Å². The van der Waals surface area contributed by atoms with Gasteiger partial charge in [-0.05, 0) is 107 Å². The van der Waals surface area contributed by atoms with Gasteiger partial charge in [0.2, 0.25) is 11.8 Å². The third-order valence-electron chi connectivity index (χ3n) is 13.5. The van der Waals surface area contributed by atoms with Crippen molar-refractivity contribution in [3.8, 4) is 16.9 Å². The SMILES string of the molecule is CC[C@H]1C[C@@H](C2=NC=C(c3ccc4c(c3)COc3cc5c6c(ccc5cc3-4)N=C([C@@H]3CC[C@H](C)N3C(=O)[C@@H](C)C(C)C)C6)C2)N(C(=O)[C@@H](C)C(C)C)C1. The molecule has 0 N–H and O–H groups in total. The van der Waals surface area contributed by atoms with Gasteiger partial charge < -0.3 is 14.5 Å². The van der Waals surface area contributed by atoms with Gasteiger partial charge >= 0.3 is 0 Å². The van der Waals surface area contributed by atoms with Crippen molar-refractivity contribution in [2.75, 3.05) is 6.54 Å². The van der Waals surface area contributed by atoms with Crippen molar-refractivity contribution in [2.45, 2.75) is 119 Å². The molecule has 2 fully saturated rings. The summed E-state index contributed by atoms with van der Waals surface area (Å²) in [5, 5.41) is 2.37. The van der Waals surface area contributed by atoms with E-state index in [1.165, 1.54) is 38.6 Å². The molecule has 2 saturated heterocycles. The molecular weight excluding hydrogens is 657 g/mol. The van der Waals surface area contributed by atoms with Crippen LogP contribution in [0.4, 0.5) is 5.69 Å². The van der Waals surface area contributed by atoms with Crippen molar-refractivity contribution < 1.29 is 14.3 Å². The van der Waals surface area contributed by atoms with Crippen LogP contribution in [-0.4, -0.2) is 57.7 Å². The van der Waals surface area contributed by atoms with Gasteiger partial charge in [-0.2, -0.15) is 0 Å². The number of aliphatic imine (C=N–C) groups is 2. The summed E-state index contributed by atoms with van der Waals surface area (Å²) in [6, 6.07) is 16.0. The van der Waals surface area contributed by atoms with Crippen LogP contribution in [0.2, 0.25) is 0 Å². The van der Waals surface area contributed by atoms with Gasteiger partial charge in [0.15, 0.2) is 0 Å². The minimum Gasteiger partial charge on any atom is -0.488 e. The lowest BCUT2D eigenvalue weighted by molar-refractivity contribution is -0.138. The largest absolute Gasteiger partial charge is 0.488 e. The Morgan fingerprint density at radius 1 is 0.868 bits per heavy atom. The fourth-order valence-electron chi connectivity index (χ4n) is 9.28. The molecule has 278 valence electrons. The number of carbonyl (C=O) groups is 2. The molecule has 5 heterocycles. The second-order valence-corrected chi connectivity index (χ2v) is 17.3. The summed E-state index contributed by atoms with van der Waals surface area (Å²) in [6.07, 6.45) is 7.65. The Morgan fingerprint density at radius 3 is 2.40 bits per heavy atom. The minimum atomic E-state index is -0.00138. The highest BCUT2D eigenvalue weighted by atomic mass is 16.5. The zero-order chi connectivity index (χ0) is 37.3. The number of benzene rings is 3. The van der Waals surface area contributed by atoms with E-state index in [4.69, 9.17) is 14.7 Å². The Labute approximate surface area is 315 Å². The second kappa shape index (κ2) is 13.9. The Bertz CT molecular complexity index is 2070. The molecule has 0 aromatic heterocycles. The fraction of sp³-hybridized carbons (Fsp3) is 0.522.